The molecule has 1 saturated heterocycles. The van der Waals surface area contributed by atoms with Gasteiger partial charge < -0.3 is 10.2 Å². The molecule has 23 heavy (non-hydrogen) atoms. The minimum absolute atomic E-state index is 0. The highest BCUT2D eigenvalue weighted by atomic mass is 35.5. The van der Waals surface area contributed by atoms with Crippen molar-refractivity contribution in [3.8, 4) is 0 Å². The van der Waals surface area contributed by atoms with Crippen LogP contribution in [0.2, 0.25) is 0 Å². The zero-order chi connectivity index (χ0) is 15.9. The summed E-state index contributed by atoms with van der Waals surface area (Å²) in [5.41, 5.74) is 0.637. The summed E-state index contributed by atoms with van der Waals surface area (Å²) in [7, 11) is 0. The normalized spacial score (nSPS) is 16.5. The van der Waals surface area contributed by atoms with Crippen LogP contribution in [0.5, 0.6) is 0 Å². The first-order chi connectivity index (χ1) is 10.6. The summed E-state index contributed by atoms with van der Waals surface area (Å²) < 4.78 is 13.9. The van der Waals surface area contributed by atoms with Gasteiger partial charge in [0.15, 0.2) is 0 Å². The lowest BCUT2D eigenvalue weighted by Gasteiger charge is -2.35. The average molecular weight is 343 g/mol. The van der Waals surface area contributed by atoms with Gasteiger partial charge in [0.2, 0.25) is 5.91 Å². The van der Waals surface area contributed by atoms with Crippen molar-refractivity contribution in [2.24, 2.45) is 0 Å². The molecular formula is C18H28ClFN2O. The smallest absolute Gasteiger partial charge is 0.223 e. The van der Waals surface area contributed by atoms with E-state index in [4.69, 9.17) is 0 Å². The molecule has 0 bridgehead atoms. The Labute approximate surface area is 145 Å². The SMILES string of the molecule is CCCN(C(=O)CC(C)c1ccccc1F)C1CCNCC1.Cl. The first-order valence-corrected chi connectivity index (χ1v) is 8.38. The van der Waals surface area contributed by atoms with Gasteiger partial charge in [-0.05, 0) is 49.9 Å². The second-order valence-electron chi connectivity index (χ2n) is 6.19. The number of hydrogen-bond donors (Lipinski definition) is 1. The van der Waals surface area contributed by atoms with Gasteiger partial charge in [0.1, 0.15) is 5.82 Å². The van der Waals surface area contributed by atoms with Gasteiger partial charge in [-0.3, -0.25) is 4.79 Å². The number of hydrogen-bond acceptors (Lipinski definition) is 2. The van der Waals surface area contributed by atoms with E-state index in [1.165, 1.54) is 6.07 Å². The second-order valence-corrected chi connectivity index (χ2v) is 6.19. The molecule has 1 amide bonds. The molecule has 5 heteroatoms. The number of piperidine rings is 1. The van der Waals surface area contributed by atoms with Crippen LogP contribution in [0.15, 0.2) is 24.3 Å². The predicted molar refractivity (Wildman–Crippen MR) is 94.6 cm³/mol. The Hall–Kier alpha value is -1.13. The van der Waals surface area contributed by atoms with Crippen LogP contribution in [0.3, 0.4) is 0 Å². The maximum atomic E-state index is 13.9. The van der Waals surface area contributed by atoms with Crippen molar-refractivity contribution in [1.82, 2.24) is 10.2 Å². The minimum Gasteiger partial charge on any atom is -0.340 e. The highest BCUT2D eigenvalue weighted by Crippen LogP contribution is 2.24. The summed E-state index contributed by atoms with van der Waals surface area (Å²) in [4.78, 5) is 14.7. The van der Waals surface area contributed by atoms with Gasteiger partial charge in [-0.15, -0.1) is 12.4 Å². The molecule has 1 fully saturated rings. The lowest BCUT2D eigenvalue weighted by molar-refractivity contribution is -0.134. The molecular weight excluding hydrogens is 315 g/mol. The van der Waals surface area contributed by atoms with E-state index in [0.717, 1.165) is 38.9 Å². The molecule has 3 nitrogen and oxygen atoms in total. The number of amides is 1. The third kappa shape index (κ3) is 5.47. The van der Waals surface area contributed by atoms with E-state index in [9.17, 15) is 9.18 Å². The summed E-state index contributed by atoms with van der Waals surface area (Å²) in [5, 5.41) is 3.34. The maximum Gasteiger partial charge on any atom is 0.223 e. The highest BCUT2D eigenvalue weighted by molar-refractivity contribution is 5.85. The van der Waals surface area contributed by atoms with Crippen molar-refractivity contribution < 1.29 is 9.18 Å². The molecule has 1 heterocycles. The molecule has 0 spiro atoms. The van der Waals surface area contributed by atoms with Gasteiger partial charge in [-0.2, -0.15) is 0 Å². The number of rotatable bonds is 6. The molecule has 1 aromatic rings. The molecule has 1 aliphatic heterocycles. The topological polar surface area (TPSA) is 32.3 Å². The van der Waals surface area contributed by atoms with Crippen molar-refractivity contribution in [2.75, 3.05) is 19.6 Å². The third-order valence-electron chi connectivity index (χ3n) is 4.45. The fourth-order valence-electron chi connectivity index (χ4n) is 3.23. The maximum absolute atomic E-state index is 13.9. The molecule has 0 radical (unpaired) electrons. The highest BCUT2D eigenvalue weighted by Gasteiger charge is 2.26. The molecule has 1 unspecified atom stereocenters. The standard InChI is InChI=1S/C18H27FN2O.ClH/c1-3-12-21(15-8-10-20-11-9-15)18(22)13-14(2)16-6-4-5-7-17(16)19;/h4-7,14-15,20H,3,8-13H2,1-2H3;1H. The quantitative estimate of drug-likeness (QED) is 0.854. The van der Waals surface area contributed by atoms with Crippen LogP contribution in [-0.4, -0.2) is 36.5 Å². The van der Waals surface area contributed by atoms with Gasteiger partial charge >= 0.3 is 0 Å². The van der Waals surface area contributed by atoms with Crippen LogP contribution in [0.1, 0.15) is 51.0 Å². The fraction of sp³-hybridized carbons (Fsp3) is 0.611. The van der Waals surface area contributed by atoms with Crippen LogP contribution in [0, 0.1) is 5.82 Å². The van der Waals surface area contributed by atoms with Gasteiger partial charge in [0.25, 0.3) is 0 Å². The molecule has 0 aromatic heterocycles. The second kappa shape index (κ2) is 9.89. The van der Waals surface area contributed by atoms with Crippen molar-refractivity contribution in [3.63, 3.8) is 0 Å². The number of halogens is 2. The first kappa shape index (κ1) is 19.9. The van der Waals surface area contributed by atoms with Gasteiger partial charge in [-0.25, -0.2) is 4.39 Å². The number of nitrogens with zero attached hydrogens (tertiary/aromatic N) is 1. The van der Waals surface area contributed by atoms with Gasteiger partial charge in [0.05, 0.1) is 0 Å². The minimum atomic E-state index is -0.216. The molecule has 1 atom stereocenters. The van der Waals surface area contributed by atoms with Crippen LogP contribution in [0.4, 0.5) is 4.39 Å². The number of carbonyl (C=O) groups is 1. The predicted octanol–water partition coefficient (Wildman–Crippen LogP) is 3.73. The summed E-state index contributed by atoms with van der Waals surface area (Å²) >= 11 is 0. The van der Waals surface area contributed by atoms with Crippen LogP contribution in [0.25, 0.3) is 0 Å². The monoisotopic (exact) mass is 342 g/mol. The van der Waals surface area contributed by atoms with Crippen LogP contribution < -0.4 is 5.32 Å². The van der Waals surface area contributed by atoms with E-state index in [1.54, 1.807) is 12.1 Å². The average Bonchev–Trinajstić information content (AvgIpc) is 2.53. The number of nitrogens with one attached hydrogen (secondary N) is 1. The summed E-state index contributed by atoms with van der Waals surface area (Å²) in [6.45, 7) is 6.78. The zero-order valence-corrected chi connectivity index (χ0v) is 14.9. The Morgan fingerprint density at radius 2 is 2.00 bits per heavy atom. The van der Waals surface area contributed by atoms with Crippen molar-refractivity contribution in [1.29, 1.82) is 0 Å². The molecule has 0 saturated carbocycles. The van der Waals surface area contributed by atoms with Gasteiger partial charge in [0, 0.05) is 19.0 Å². The van der Waals surface area contributed by atoms with E-state index < -0.39 is 0 Å². The summed E-state index contributed by atoms with van der Waals surface area (Å²) in [6, 6.07) is 7.10. The Balaban J connectivity index is 0.00000264. The molecule has 1 aromatic carbocycles. The van der Waals surface area contributed by atoms with E-state index in [0.29, 0.717) is 18.0 Å². The molecule has 2 rings (SSSR count). The zero-order valence-electron chi connectivity index (χ0n) is 14.1. The lowest BCUT2D eigenvalue weighted by atomic mass is 9.95. The van der Waals surface area contributed by atoms with Crippen LogP contribution in [-0.2, 0) is 4.79 Å². The van der Waals surface area contributed by atoms with Gasteiger partial charge in [-0.1, -0.05) is 32.0 Å². The van der Waals surface area contributed by atoms with Crippen LogP contribution >= 0.6 is 12.4 Å². The number of benzene rings is 1. The summed E-state index contributed by atoms with van der Waals surface area (Å²) in [5.74, 6) is -0.147. The molecule has 1 N–H and O–H groups in total. The van der Waals surface area contributed by atoms with E-state index in [2.05, 4.69) is 12.2 Å². The lowest BCUT2D eigenvalue weighted by Crippen LogP contribution is -2.46. The van der Waals surface area contributed by atoms with Crippen molar-refractivity contribution in [3.05, 3.63) is 35.6 Å². The Kier molecular flexibility index (Phi) is 8.56. The number of carbonyl (C=O) groups excluding carboxylic acids is 1. The van der Waals surface area contributed by atoms with E-state index in [-0.39, 0.29) is 30.0 Å². The van der Waals surface area contributed by atoms with Crippen molar-refractivity contribution in [2.45, 2.75) is 51.5 Å². The summed E-state index contributed by atoms with van der Waals surface area (Å²) in [6.07, 6.45) is 3.37. The molecule has 0 aliphatic carbocycles. The largest absolute Gasteiger partial charge is 0.340 e. The third-order valence-corrected chi connectivity index (χ3v) is 4.45. The van der Waals surface area contributed by atoms with Crippen molar-refractivity contribution >= 4 is 18.3 Å². The fourth-order valence-corrected chi connectivity index (χ4v) is 3.23. The Morgan fingerprint density at radius 1 is 1.35 bits per heavy atom. The first-order valence-electron chi connectivity index (χ1n) is 8.38. The Bertz CT molecular complexity index is 492. The van der Waals surface area contributed by atoms with E-state index in [1.807, 2.05) is 17.9 Å². The van der Waals surface area contributed by atoms with E-state index >= 15 is 0 Å². The molecule has 130 valence electrons. The Morgan fingerprint density at radius 3 is 2.61 bits per heavy atom. The molecule has 1 aliphatic rings.